The number of halogens is 2. The maximum absolute atomic E-state index is 13.8. The van der Waals surface area contributed by atoms with E-state index in [4.69, 9.17) is 23.2 Å². The van der Waals surface area contributed by atoms with Gasteiger partial charge in [-0.05, 0) is 40.5 Å². The summed E-state index contributed by atoms with van der Waals surface area (Å²) >= 11 is 12.2. The molecule has 0 aliphatic carbocycles. The van der Waals surface area contributed by atoms with Gasteiger partial charge in [0.2, 0.25) is 0 Å². The lowest BCUT2D eigenvalue weighted by molar-refractivity contribution is -0.121. The van der Waals surface area contributed by atoms with Gasteiger partial charge in [0.1, 0.15) is 6.04 Å². The zero-order chi connectivity index (χ0) is 29.4. The first-order chi connectivity index (χ1) is 20.1. The van der Waals surface area contributed by atoms with Gasteiger partial charge in [0.15, 0.2) is 20.8 Å². The maximum Gasteiger partial charge on any atom is 0.254 e. The van der Waals surface area contributed by atoms with E-state index < -0.39 is 21.4 Å². The van der Waals surface area contributed by atoms with Gasteiger partial charge in [-0.25, -0.2) is 18.1 Å². The average Bonchev–Trinajstić information content (AvgIpc) is 3.53. The predicted octanol–water partition coefficient (Wildman–Crippen LogP) is 4.82. The first kappa shape index (κ1) is 28.0. The van der Waals surface area contributed by atoms with Crippen LogP contribution in [0, 0.1) is 0 Å². The van der Waals surface area contributed by atoms with Gasteiger partial charge >= 0.3 is 0 Å². The Morgan fingerprint density at radius 1 is 0.929 bits per heavy atom. The summed E-state index contributed by atoms with van der Waals surface area (Å²) in [5.74, 6) is -0.217. The molecule has 1 atom stereocenters. The summed E-state index contributed by atoms with van der Waals surface area (Å²) in [5, 5.41) is 8.46. The van der Waals surface area contributed by atoms with Gasteiger partial charge in [-0.2, -0.15) is 0 Å². The number of aromatic nitrogens is 5. The van der Waals surface area contributed by atoms with E-state index in [1.54, 1.807) is 36.4 Å². The molecule has 0 bridgehead atoms. The van der Waals surface area contributed by atoms with Crippen LogP contribution in [-0.2, 0) is 39.0 Å². The Hall–Kier alpha value is -4.12. The van der Waals surface area contributed by atoms with Gasteiger partial charge < -0.3 is 0 Å². The second-order valence-corrected chi connectivity index (χ2v) is 13.0. The normalized spacial score (nSPS) is 14.4. The number of benzene rings is 3. The van der Waals surface area contributed by atoms with Crippen LogP contribution in [0.15, 0.2) is 90.1 Å². The highest BCUT2D eigenvalue weighted by Gasteiger charge is 2.27. The number of hydrogen-bond donors (Lipinski definition) is 0. The second kappa shape index (κ2) is 11.3. The number of sulfone groups is 1. The van der Waals surface area contributed by atoms with Crippen molar-refractivity contribution in [2.24, 2.45) is 0 Å². The van der Waals surface area contributed by atoms with Gasteiger partial charge in [0.05, 0.1) is 35.4 Å². The van der Waals surface area contributed by atoms with Crippen LogP contribution in [0.4, 0.5) is 0 Å². The summed E-state index contributed by atoms with van der Waals surface area (Å²) in [5.41, 5.74) is 4.08. The van der Waals surface area contributed by atoms with E-state index >= 15 is 0 Å². The van der Waals surface area contributed by atoms with Crippen LogP contribution in [0.5, 0.6) is 0 Å². The largest absolute Gasteiger partial charge is 0.297 e. The number of ketones is 1. The Bertz CT molecular complexity index is 1990. The van der Waals surface area contributed by atoms with Crippen molar-refractivity contribution < 1.29 is 13.2 Å². The second-order valence-electron chi connectivity index (χ2n) is 10.2. The molecule has 0 N–H and O–H groups in total. The van der Waals surface area contributed by atoms with Crippen LogP contribution in [0.1, 0.15) is 28.3 Å². The summed E-state index contributed by atoms with van der Waals surface area (Å²) in [6, 6.07) is 20.3. The van der Waals surface area contributed by atoms with E-state index in [1.807, 2.05) is 30.3 Å². The van der Waals surface area contributed by atoms with Crippen LogP contribution in [0.25, 0.3) is 16.9 Å². The molecular weight excluding hydrogens is 597 g/mol. The topological polar surface area (TPSA) is 117 Å². The molecule has 3 heterocycles. The Labute approximate surface area is 251 Å². The van der Waals surface area contributed by atoms with Crippen molar-refractivity contribution in [3.8, 4) is 16.9 Å². The number of nitrogens with zero attached hydrogens (tertiary/aromatic N) is 5. The lowest BCUT2D eigenvalue weighted by Gasteiger charge is -2.19. The first-order valence-corrected chi connectivity index (χ1v) is 15.6. The SMILES string of the molecule is O=C(Cc1ccc2c(c1)CS(=O)(=O)C2)[C@H](Cc1ccccc1)n1cnc(-c2cc(Cl)ccc2-n2cc(Cl)nn2)cc1=O. The summed E-state index contributed by atoms with van der Waals surface area (Å²) in [6.45, 7) is 0. The van der Waals surface area contributed by atoms with Crippen molar-refractivity contribution >= 4 is 38.8 Å². The minimum Gasteiger partial charge on any atom is -0.297 e. The fourth-order valence-electron chi connectivity index (χ4n) is 5.18. The number of carbonyl (C=O) groups excluding carboxylic acids is 1. The van der Waals surface area contributed by atoms with Gasteiger partial charge in [-0.3, -0.25) is 14.2 Å². The highest BCUT2D eigenvalue weighted by molar-refractivity contribution is 7.90. The zero-order valence-corrected chi connectivity index (χ0v) is 24.4. The van der Waals surface area contributed by atoms with Crippen LogP contribution in [0.3, 0.4) is 0 Å². The molecule has 3 aromatic carbocycles. The fraction of sp³-hybridized carbons (Fsp3) is 0.167. The van der Waals surface area contributed by atoms with Crippen LogP contribution >= 0.6 is 23.2 Å². The summed E-state index contributed by atoms with van der Waals surface area (Å²) < 4.78 is 27.0. The van der Waals surface area contributed by atoms with Gasteiger partial charge in [0.25, 0.3) is 5.56 Å². The van der Waals surface area contributed by atoms with Gasteiger partial charge in [-0.15, -0.1) is 5.10 Å². The quantitative estimate of drug-likeness (QED) is 0.244. The molecule has 0 spiro atoms. The van der Waals surface area contributed by atoms with Crippen LogP contribution in [-0.4, -0.2) is 38.7 Å². The third kappa shape index (κ3) is 5.92. The molecule has 9 nitrogen and oxygen atoms in total. The number of fused-ring (bicyclic) bond motifs is 1. The molecule has 0 fully saturated rings. The average molecular weight is 621 g/mol. The molecule has 0 saturated heterocycles. The highest BCUT2D eigenvalue weighted by Crippen LogP contribution is 2.29. The highest BCUT2D eigenvalue weighted by atomic mass is 35.5. The summed E-state index contributed by atoms with van der Waals surface area (Å²) in [4.78, 5) is 31.9. The third-order valence-electron chi connectivity index (χ3n) is 7.16. The lowest BCUT2D eigenvalue weighted by atomic mass is 9.96. The minimum atomic E-state index is -3.17. The molecule has 42 heavy (non-hydrogen) atoms. The molecule has 2 aromatic heterocycles. The molecule has 1 aliphatic rings. The van der Waals surface area contributed by atoms with E-state index in [0.717, 1.165) is 11.1 Å². The predicted molar refractivity (Wildman–Crippen MR) is 160 cm³/mol. The first-order valence-electron chi connectivity index (χ1n) is 13.0. The molecule has 12 heteroatoms. The smallest absolute Gasteiger partial charge is 0.254 e. The number of rotatable bonds is 8. The van der Waals surface area contributed by atoms with Gasteiger partial charge in [0, 0.05) is 29.5 Å². The molecule has 0 amide bonds. The lowest BCUT2D eigenvalue weighted by Crippen LogP contribution is -2.32. The molecule has 6 rings (SSSR count). The molecule has 0 saturated carbocycles. The van der Waals surface area contributed by atoms with E-state index in [0.29, 0.717) is 33.1 Å². The zero-order valence-electron chi connectivity index (χ0n) is 22.0. The van der Waals surface area contributed by atoms with E-state index in [2.05, 4.69) is 15.3 Å². The van der Waals surface area contributed by atoms with Crippen LogP contribution in [0.2, 0.25) is 10.2 Å². The Kier molecular flexibility index (Phi) is 7.53. The minimum absolute atomic E-state index is 0.0128. The standard InChI is InChI=1S/C30H23Cl2N5O4S/c31-23-8-9-26(37-15-29(32)34-35-37)24(13-23)25-14-30(39)36(18-33-25)27(11-19-4-2-1-3-5-19)28(38)12-20-6-7-21-16-42(40,41)17-22(21)10-20/h1-10,13-15,18,27H,11-12,16-17H2/t27-/m0/s1. The monoisotopic (exact) mass is 619 g/mol. The van der Waals surface area contributed by atoms with Crippen molar-refractivity contribution in [2.45, 2.75) is 30.4 Å². The van der Waals surface area contributed by atoms with E-state index in [1.165, 1.54) is 27.8 Å². The van der Waals surface area contributed by atoms with Crippen molar-refractivity contribution in [1.29, 1.82) is 0 Å². The Morgan fingerprint density at radius 2 is 1.71 bits per heavy atom. The maximum atomic E-state index is 13.8. The fourth-order valence-corrected chi connectivity index (χ4v) is 7.08. The number of Topliss-reactive ketones (excluding diaryl/α,β-unsaturated/α-hetero) is 1. The molecule has 212 valence electrons. The van der Waals surface area contributed by atoms with Crippen LogP contribution < -0.4 is 5.56 Å². The van der Waals surface area contributed by atoms with E-state index in [-0.39, 0.29) is 35.3 Å². The molecule has 0 unspecified atom stereocenters. The molecule has 0 radical (unpaired) electrons. The Morgan fingerprint density at radius 3 is 2.45 bits per heavy atom. The van der Waals surface area contributed by atoms with Crippen molar-refractivity contribution in [1.82, 2.24) is 24.5 Å². The van der Waals surface area contributed by atoms with Crippen molar-refractivity contribution in [3.63, 3.8) is 0 Å². The summed E-state index contributed by atoms with van der Waals surface area (Å²) in [6.07, 6.45) is 3.21. The molecule has 1 aliphatic heterocycles. The van der Waals surface area contributed by atoms with Gasteiger partial charge in [-0.1, -0.05) is 76.9 Å². The summed E-state index contributed by atoms with van der Waals surface area (Å²) in [7, 11) is -3.17. The molecule has 5 aromatic rings. The van der Waals surface area contributed by atoms with Crippen molar-refractivity contribution in [3.05, 3.63) is 128 Å². The third-order valence-corrected chi connectivity index (χ3v) is 9.07. The number of hydrogen-bond acceptors (Lipinski definition) is 7. The Balaban J connectivity index is 1.35. The van der Waals surface area contributed by atoms with Crippen molar-refractivity contribution in [2.75, 3.05) is 0 Å². The van der Waals surface area contributed by atoms with E-state index in [9.17, 15) is 18.0 Å². The number of carbonyl (C=O) groups is 1. The molecular formula is C30H23Cl2N5O4S.